The van der Waals surface area contributed by atoms with Gasteiger partial charge in [-0.2, -0.15) is 0 Å². The van der Waals surface area contributed by atoms with Gasteiger partial charge in [0.05, 0.1) is 0 Å². The zero-order valence-electron chi connectivity index (χ0n) is 11.8. The zero-order valence-corrected chi connectivity index (χ0v) is 11.8. The van der Waals surface area contributed by atoms with Gasteiger partial charge in [-0.15, -0.1) is 0 Å². The monoisotopic (exact) mass is 275 g/mol. The molecule has 2 aromatic rings. The van der Waals surface area contributed by atoms with E-state index in [-0.39, 0.29) is 6.04 Å². The SMILES string of the molecule is CNC(CCc1cccc(C)c1)c1ccc(F)c(F)c1. The van der Waals surface area contributed by atoms with Crippen LogP contribution in [0, 0.1) is 18.6 Å². The molecule has 20 heavy (non-hydrogen) atoms. The van der Waals surface area contributed by atoms with Crippen LogP contribution < -0.4 is 5.32 Å². The molecule has 1 atom stereocenters. The maximum absolute atomic E-state index is 13.3. The number of nitrogens with one attached hydrogen (secondary N) is 1. The summed E-state index contributed by atoms with van der Waals surface area (Å²) < 4.78 is 26.3. The fourth-order valence-corrected chi connectivity index (χ4v) is 2.39. The molecule has 1 N–H and O–H groups in total. The van der Waals surface area contributed by atoms with Crippen molar-refractivity contribution in [3.8, 4) is 0 Å². The highest BCUT2D eigenvalue weighted by Crippen LogP contribution is 2.21. The van der Waals surface area contributed by atoms with Crippen molar-refractivity contribution in [1.29, 1.82) is 0 Å². The highest BCUT2D eigenvalue weighted by molar-refractivity contribution is 5.24. The number of hydrogen-bond donors (Lipinski definition) is 1. The highest BCUT2D eigenvalue weighted by atomic mass is 19.2. The second kappa shape index (κ2) is 6.62. The molecule has 0 spiro atoms. The summed E-state index contributed by atoms with van der Waals surface area (Å²) in [5.74, 6) is -1.60. The number of hydrogen-bond acceptors (Lipinski definition) is 1. The maximum atomic E-state index is 13.3. The van der Waals surface area contributed by atoms with Crippen molar-refractivity contribution in [2.24, 2.45) is 0 Å². The van der Waals surface area contributed by atoms with Crippen LogP contribution in [0.2, 0.25) is 0 Å². The summed E-state index contributed by atoms with van der Waals surface area (Å²) in [5, 5.41) is 3.16. The number of benzene rings is 2. The van der Waals surface area contributed by atoms with Crippen LogP contribution in [0.25, 0.3) is 0 Å². The Balaban J connectivity index is 2.07. The van der Waals surface area contributed by atoms with E-state index in [1.54, 1.807) is 6.07 Å². The van der Waals surface area contributed by atoms with E-state index in [1.807, 2.05) is 13.1 Å². The Morgan fingerprint density at radius 2 is 1.85 bits per heavy atom. The lowest BCUT2D eigenvalue weighted by molar-refractivity contribution is 0.496. The number of aryl methyl sites for hydroxylation is 2. The van der Waals surface area contributed by atoms with Gasteiger partial charge in [0.1, 0.15) is 0 Å². The molecular formula is C17H19F2N. The van der Waals surface area contributed by atoms with Crippen LogP contribution in [-0.2, 0) is 6.42 Å². The molecule has 2 rings (SSSR count). The minimum atomic E-state index is -0.803. The molecule has 1 nitrogen and oxygen atoms in total. The highest BCUT2D eigenvalue weighted by Gasteiger charge is 2.12. The Morgan fingerprint density at radius 1 is 1.05 bits per heavy atom. The first-order chi connectivity index (χ1) is 9.60. The normalized spacial score (nSPS) is 12.4. The van der Waals surface area contributed by atoms with Crippen LogP contribution >= 0.6 is 0 Å². The Bertz CT molecular complexity index is 581. The van der Waals surface area contributed by atoms with E-state index in [2.05, 4.69) is 30.4 Å². The van der Waals surface area contributed by atoms with Crippen molar-refractivity contribution in [3.63, 3.8) is 0 Å². The zero-order chi connectivity index (χ0) is 14.5. The molecule has 0 aliphatic heterocycles. The summed E-state index contributed by atoms with van der Waals surface area (Å²) in [7, 11) is 1.84. The van der Waals surface area contributed by atoms with Crippen molar-refractivity contribution < 1.29 is 8.78 Å². The molecule has 0 radical (unpaired) electrons. The molecule has 0 heterocycles. The molecule has 0 bridgehead atoms. The minimum absolute atomic E-state index is 0.0191. The van der Waals surface area contributed by atoms with Crippen molar-refractivity contribution in [3.05, 3.63) is 70.8 Å². The first kappa shape index (κ1) is 14.7. The Kier molecular flexibility index (Phi) is 4.85. The third-order valence-electron chi connectivity index (χ3n) is 3.50. The lowest BCUT2D eigenvalue weighted by Crippen LogP contribution is -2.17. The van der Waals surface area contributed by atoms with Crippen molar-refractivity contribution >= 4 is 0 Å². The Hall–Kier alpha value is -1.74. The summed E-state index contributed by atoms with van der Waals surface area (Å²) in [6, 6.07) is 12.4. The average Bonchev–Trinajstić information content (AvgIpc) is 2.43. The molecule has 0 amide bonds. The lowest BCUT2D eigenvalue weighted by atomic mass is 9.98. The summed E-state index contributed by atoms with van der Waals surface area (Å²) in [6.45, 7) is 2.06. The fraction of sp³-hybridized carbons (Fsp3) is 0.294. The van der Waals surface area contributed by atoms with Gasteiger partial charge in [0, 0.05) is 6.04 Å². The summed E-state index contributed by atoms with van der Waals surface area (Å²) >= 11 is 0. The van der Waals surface area contributed by atoms with Gasteiger partial charge in [-0.1, -0.05) is 35.9 Å². The van der Waals surface area contributed by atoms with Crippen LogP contribution in [0.15, 0.2) is 42.5 Å². The molecule has 0 saturated carbocycles. The van der Waals surface area contributed by atoms with E-state index in [0.29, 0.717) is 0 Å². The van der Waals surface area contributed by atoms with Gasteiger partial charge in [0.15, 0.2) is 11.6 Å². The van der Waals surface area contributed by atoms with Crippen LogP contribution in [0.3, 0.4) is 0 Å². The summed E-state index contributed by atoms with van der Waals surface area (Å²) in [5.41, 5.74) is 3.27. The second-order valence-electron chi connectivity index (χ2n) is 5.04. The first-order valence-corrected chi connectivity index (χ1v) is 6.78. The summed E-state index contributed by atoms with van der Waals surface area (Å²) in [6.07, 6.45) is 1.73. The molecule has 1 unspecified atom stereocenters. The minimum Gasteiger partial charge on any atom is -0.313 e. The topological polar surface area (TPSA) is 12.0 Å². The quantitative estimate of drug-likeness (QED) is 0.863. The van der Waals surface area contributed by atoms with E-state index in [9.17, 15) is 8.78 Å². The maximum Gasteiger partial charge on any atom is 0.159 e. The predicted molar refractivity (Wildman–Crippen MR) is 77.7 cm³/mol. The number of halogens is 2. The Morgan fingerprint density at radius 3 is 2.50 bits per heavy atom. The van der Waals surface area contributed by atoms with Crippen molar-refractivity contribution in [2.75, 3.05) is 7.05 Å². The summed E-state index contributed by atoms with van der Waals surface area (Å²) in [4.78, 5) is 0. The van der Waals surface area contributed by atoms with Gasteiger partial charge >= 0.3 is 0 Å². The van der Waals surface area contributed by atoms with Gasteiger partial charge in [0.2, 0.25) is 0 Å². The van der Waals surface area contributed by atoms with E-state index in [0.717, 1.165) is 18.4 Å². The van der Waals surface area contributed by atoms with E-state index >= 15 is 0 Å². The van der Waals surface area contributed by atoms with Gasteiger partial charge in [-0.25, -0.2) is 8.78 Å². The van der Waals surface area contributed by atoms with E-state index in [1.165, 1.54) is 23.3 Å². The molecule has 2 aromatic carbocycles. The molecular weight excluding hydrogens is 256 g/mol. The van der Waals surface area contributed by atoms with Gasteiger partial charge in [-0.3, -0.25) is 0 Å². The van der Waals surface area contributed by atoms with Crippen LogP contribution in [0.1, 0.15) is 29.2 Å². The van der Waals surface area contributed by atoms with Crippen LogP contribution in [0.4, 0.5) is 8.78 Å². The smallest absolute Gasteiger partial charge is 0.159 e. The van der Waals surface area contributed by atoms with Crippen molar-refractivity contribution in [2.45, 2.75) is 25.8 Å². The third-order valence-corrected chi connectivity index (χ3v) is 3.50. The molecule has 3 heteroatoms. The molecule has 0 fully saturated rings. The van der Waals surface area contributed by atoms with Gasteiger partial charge < -0.3 is 5.32 Å². The largest absolute Gasteiger partial charge is 0.313 e. The van der Waals surface area contributed by atoms with E-state index < -0.39 is 11.6 Å². The van der Waals surface area contributed by atoms with Crippen LogP contribution in [-0.4, -0.2) is 7.05 Å². The van der Waals surface area contributed by atoms with Gasteiger partial charge in [-0.05, 0) is 50.1 Å². The Labute approximate surface area is 118 Å². The predicted octanol–water partition coefficient (Wildman–Crippen LogP) is 4.17. The number of rotatable bonds is 5. The third kappa shape index (κ3) is 3.64. The average molecular weight is 275 g/mol. The molecule has 0 saturated heterocycles. The van der Waals surface area contributed by atoms with Crippen molar-refractivity contribution in [1.82, 2.24) is 5.32 Å². The second-order valence-corrected chi connectivity index (χ2v) is 5.04. The molecule has 106 valence electrons. The van der Waals surface area contributed by atoms with Crippen LogP contribution in [0.5, 0.6) is 0 Å². The molecule has 0 aromatic heterocycles. The standard InChI is InChI=1S/C17H19F2N/c1-12-4-3-5-13(10-12)6-9-17(20-2)14-7-8-15(18)16(19)11-14/h3-5,7-8,10-11,17,20H,6,9H2,1-2H3. The molecule has 0 aliphatic carbocycles. The van der Waals surface area contributed by atoms with E-state index in [4.69, 9.17) is 0 Å². The lowest BCUT2D eigenvalue weighted by Gasteiger charge is -2.17. The first-order valence-electron chi connectivity index (χ1n) is 6.78. The fourth-order valence-electron chi connectivity index (χ4n) is 2.39. The van der Waals surface area contributed by atoms with Gasteiger partial charge in [0.25, 0.3) is 0 Å². The molecule has 0 aliphatic rings.